The molecule has 6 heteroatoms. The van der Waals surface area contributed by atoms with Gasteiger partial charge in [-0.05, 0) is 36.8 Å². The summed E-state index contributed by atoms with van der Waals surface area (Å²) in [6.45, 7) is 1.91. The van der Waals surface area contributed by atoms with E-state index in [9.17, 15) is 9.18 Å². The standard InChI is InChI=1S/C17H14FN3O2/c1-11-3-2-4-13(9-11)16(22)19-17-21-20-15(23-17)10-12-5-7-14(18)8-6-12/h2-9H,10H2,1H3,(H,19,21,22). The minimum absolute atomic E-state index is 0.0358. The Morgan fingerprint density at radius 1 is 1.17 bits per heavy atom. The van der Waals surface area contributed by atoms with Crippen molar-refractivity contribution in [2.45, 2.75) is 13.3 Å². The molecule has 0 bridgehead atoms. The SMILES string of the molecule is Cc1cccc(C(=O)Nc2nnc(Cc3ccc(F)cc3)o2)c1. The Labute approximate surface area is 132 Å². The van der Waals surface area contributed by atoms with E-state index >= 15 is 0 Å². The lowest BCUT2D eigenvalue weighted by Crippen LogP contribution is -2.12. The van der Waals surface area contributed by atoms with Gasteiger partial charge in [-0.2, -0.15) is 0 Å². The number of nitrogens with zero attached hydrogens (tertiary/aromatic N) is 2. The van der Waals surface area contributed by atoms with Crippen molar-refractivity contribution in [3.8, 4) is 0 Å². The molecule has 0 atom stereocenters. The molecule has 3 aromatic rings. The molecule has 0 aliphatic carbocycles. The molecule has 1 heterocycles. The number of benzene rings is 2. The molecular formula is C17H14FN3O2. The third-order valence-corrected chi connectivity index (χ3v) is 3.24. The Hall–Kier alpha value is -3.02. The summed E-state index contributed by atoms with van der Waals surface area (Å²) < 4.78 is 18.3. The molecule has 0 aliphatic heterocycles. The van der Waals surface area contributed by atoms with Gasteiger partial charge in [0, 0.05) is 5.56 Å². The second-order valence-electron chi connectivity index (χ2n) is 5.13. The van der Waals surface area contributed by atoms with Crippen LogP contribution in [0.3, 0.4) is 0 Å². The van der Waals surface area contributed by atoms with Crippen molar-refractivity contribution < 1.29 is 13.6 Å². The van der Waals surface area contributed by atoms with Gasteiger partial charge >= 0.3 is 6.01 Å². The van der Waals surface area contributed by atoms with Gasteiger partial charge in [-0.25, -0.2) is 4.39 Å². The predicted octanol–water partition coefficient (Wildman–Crippen LogP) is 3.36. The van der Waals surface area contributed by atoms with Gasteiger partial charge in [-0.15, -0.1) is 5.10 Å². The van der Waals surface area contributed by atoms with E-state index in [4.69, 9.17) is 4.42 Å². The zero-order valence-electron chi connectivity index (χ0n) is 12.4. The number of halogens is 1. The Morgan fingerprint density at radius 2 is 1.96 bits per heavy atom. The number of rotatable bonds is 4. The maximum absolute atomic E-state index is 12.9. The van der Waals surface area contributed by atoms with Crippen molar-refractivity contribution in [3.63, 3.8) is 0 Å². The van der Waals surface area contributed by atoms with Crippen LogP contribution in [-0.2, 0) is 6.42 Å². The summed E-state index contributed by atoms with van der Waals surface area (Å²) in [6, 6.07) is 13.2. The summed E-state index contributed by atoms with van der Waals surface area (Å²) in [5.41, 5.74) is 2.34. The van der Waals surface area contributed by atoms with Gasteiger partial charge in [0.1, 0.15) is 5.82 Å². The van der Waals surface area contributed by atoms with Gasteiger partial charge in [0.25, 0.3) is 5.91 Å². The normalized spacial score (nSPS) is 10.5. The molecule has 0 saturated carbocycles. The number of carbonyl (C=O) groups is 1. The minimum Gasteiger partial charge on any atom is -0.407 e. The monoisotopic (exact) mass is 311 g/mol. The highest BCUT2D eigenvalue weighted by atomic mass is 19.1. The summed E-state index contributed by atoms with van der Waals surface area (Å²) >= 11 is 0. The summed E-state index contributed by atoms with van der Waals surface area (Å²) in [5, 5.41) is 10.2. The van der Waals surface area contributed by atoms with E-state index in [2.05, 4.69) is 15.5 Å². The number of nitrogens with one attached hydrogen (secondary N) is 1. The lowest BCUT2D eigenvalue weighted by Gasteiger charge is -2.01. The van der Waals surface area contributed by atoms with Crippen LogP contribution in [-0.4, -0.2) is 16.1 Å². The van der Waals surface area contributed by atoms with Gasteiger partial charge in [0.05, 0.1) is 6.42 Å². The van der Waals surface area contributed by atoms with Crippen LogP contribution in [0.1, 0.15) is 27.4 Å². The number of hydrogen-bond acceptors (Lipinski definition) is 4. The van der Waals surface area contributed by atoms with Gasteiger partial charge in [0.15, 0.2) is 0 Å². The number of amides is 1. The number of carbonyl (C=O) groups excluding carboxylic acids is 1. The van der Waals surface area contributed by atoms with Crippen LogP contribution < -0.4 is 5.32 Å². The number of hydrogen-bond donors (Lipinski definition) is 1. The topological polar surface area (TPSA) is 68.0 Å². The van der Waals surface area contributed by atoms with Crippen LogP contribution in [0.15, 0.2) is 52.9 Å². The van der Waals surface area contributed by atoms with E-state index in [1.54, 1.807) is 30.3 Å². The maximum atomic E-state index is 12.9. The van der Waals surface area contributed by atoms with Crippen molar-refractivity contribution in [3.05, 3.63) is 76.9 Å². The molecule has 0 fully saturated rings. The first-order valence-corrected chi connectivity index (χ1v) is 7.05. The second kappa shape index (κ2) is 6.39. The van der Waals surface area contributed by atoms with Crippen LogP contribution in [0, 0.1) is 12.7 Å². The number of anilines is 1. The highest BCUT2D eigenvalue weighted by Gasteiger charge is 2.12. The van der Waals surface area contributed by atoms with Crippen molar-refractivity contribution >= 4 is 11.9 Å². The lowest BCUT2D eigenvalue weighted by molar-refractivity contribution is 0.102. The molecule has 1 N–H and O–H groups in total. The first-order chi connectivity index (χ1) is 11.1. The van der Waals surface area contributed by atoms with E-state index in [1.165, 1.54) is 12.1 Å². The molecule has 5 nitrogen and oxygen atoms in total. The molecule has 0 aliphatic rings. The minimum atomic E-state index is -0.314. The summed E-state index contributed by atoms with van der Waals surface area (Å²) in [4.78, 5) is 12.1. The molecule has 23 heavy (non-hydrogen) atoms. The molecule has 0 unspecified atom stereocenters. The predicted molar refractivity (Wildman–Crippen MR) is 82.6 cm³/mol. The average molecular weight is 311 g/mol. The molecule has 0 spiro atoms. The first kappa shape index (κ1) is 14.9. The second-order valence-corrected chi connectivity index (χ2v) is 5.13. The maximum Gasteiger partial charge on any atom is 0.322 e. The van der Waals surface area contributed by atoms with Crippen LogP contribution in [0.25, 0.3) is 0 Å². The van der Waals surface area contributed by atoms with Crippen molar-refractivity contribution in [1.29, 1.82) is 0 Å². The molecule has 0 saturated heterocycles. The summed E-state index contributed by atoms with van der Waals surface area (Å²) in [6.07, 6.45) is 0.369. The Bertz CT molecular complexity index is 828. The molecule has 0 radical (unpaired) electrons. The fraction of sp³-hybridized carbons (Fsp3) is 0.118. The summed E-state index contributed by atoms with van der Waals surface area (Å²) in [5.74, 6) is -0.271. The molecule has 1 amide bonds. The number of aryl methyl sites for hydroxylation is 1. The summed E-state index contributed by atoms with van der Waals surface area (Å²) in [7, 11) is 0. The van der Waals surface area contributed by atoms with Crippen molar-refractivity contribution in [1.82, 2.24) is 10.2 Å². The van der Waals surface area contributed by atoms with Crippen molar-refractivity contribution in [2.24, 2.45) is 0 Å². The van der Waals surface area contributed by atoms with Crippen LogP contribution in [0.5, 0.6) is 0 Å². The van der Waals surface area contributed by atoms with Crippen LogP contribution in [0.4, 0.5) is 10.4 Å². The number of aromatic nitrogens is 2. The van der Waals surface area contributed by atoms with Crippen molar-refractivity contribution in [2.75, 3.05) is 5.32 Å². The lowest BCUT2D eigenvalue weighted by atomic mass is 10.1. The van der Waals surface area contributed by atoms with Gasteiger partial charge < -0.3 is 4.42 Å². The zero-order valence-corrected chi connectivity index (χ0v) is 12.4. The van der Waals surface area contributed by atoms with Crippen LogP contribution in [0.2, 0.25) is 0 Å². The van der Waals surface area contributed by atoms with E-state index < -0.39 is 0 Å². The fourth-order valence-electron chi connectivity index (χ4n) is 2.11. The van der Waals surface area contributed by atoms with Gasteiger partial charge in [-0.3, -0.25) is 10.1 Å². The molecule has 3 rings (SSSR count). The smallest absolute Gasteiger partial charge is 0.322 e. The van der Waals surface area contributed by atoms with E-state index in [-0.39, 0.29) is 17.7 Å². The highest BCUT2D eigenvalue weighted by molar-refractivity contribution is 6.03. The molecule has 2 aromatic carbocycles. The van der Waals surface area contributed by atoms with E-state index in [0.717, 1.165) is 11.1 Å². The average Bonchev–Trinajstić information content (AvgIpc) is 2.96. The third kappa shape index (κ3) is 3.79. The zero-order chi connectivity index (χ0) is 16.2. The van der Waals surface area contributed by atoms with Gasteiger partial charge in [0.2, 0.25) is 5.89 Å². The Kier molecular flexibility index (Phi) is 4.14. The molecule has 1 aromatic heterocycles. The first-order valence-electron chi connectivity index (χ1n) is 7.05. The molecule has 116 valence electrons. The van der Waals surface area contributed by atoms with E-state index in [1.807, 2.05) is 13.0 Å². The fourth-order valence-corrected chi connectivity index (χ4v) is 2.11. The Morgan fingerprint density at radius 3 is 2.70 bits per heavy atom. The van der Waals surface area contributed by atoms with Crippen LogP contribution >= 0.6 is 0 Å². The van der Waals surface area contributed by atoms with Gasteiger partial charge in [-0.1, -0.05) is 34.9 Å². The largest absolute Gasteiger partial charge is 0.407 e. The quantitative estimate of drug-likeness (QED) is 0.802. The third-order valence-electron chi connectivity index (χ3n) is 3.24. The van der Waals surface area contributed by atoms with E-state index in [0.29, 0.717) is 17.9 Å². The highest BCUT2D eigenvalue weighted by Crippen LogP contribution is 2.13. The Balaban J connectivity index is 1.67. The molecular weight excluding hydrogens is 297 g/mol.